The van der Waals surface area contributed by atoms with Crippen LogP contribution in [0, 0.1) is 0 Å². The molecule has 1 nitrogen and oxygen atoms in total. The minimum Gasteiger partial charge on any atom is -0.308 e. The monoisotopic (exact) mass is 679 g/mol. The highest BCUT2D eigenvalue weighted by Gasteiger charge is 2.22. The van der Waals surface area contributed by atoms with Gasteiger partial charge < -0.3 is 4.90 Å². The summed E-state index contributed by atoms with van der Waals surface area (Å²) in [6.07, 6.45) is 0. The maximum atomic E-state index is 2.47. The molecule has 0 spiro atoms. The van der Waals surface area contributed by atoms with Gasteiger partial charge in [0.1, 0.15) is 0 Å². The first-order valence-corrected chi connectivity index (χ1v) is 18.6. The zero-order chi connectivity index (χ0) is 34.4. The van der Waals surface area contributed by atoms with Gasteiger partial charge in [0, 0.05) is 26.7 Å². The van der Waals surface area contributed by atoms with E-state index in [0.717, 1.165) is 11.4 Å². The molecule has 0 unspecified atom stereocenters. The Morgan fingerprint density at radius 2 is 0.885 bits per heavy atom. The summed E-state index contributed by atoms with van der Waals surface area (Å²) in [5.41, 5.74) is 10.7. The number of nitrogens with zero attached hydrogens (tertiary/aromatic N) is 1. The van der Waals surface area contributed by atoms with Gasteiger partial charge in [-0.1, -0.05) is 158 Å². The molecular formula is C50H33NS. The molecule has 0 amide bonds. The van der Waals surface area contributed by atoms with E-state index in [-0.39, 0.29) is 0 Å². The minimum absolute atomic E-state index is 1.12. The average Bonchev–Trinajstić information content (AvgIpc) is 3.59. The number of hydrogen-bond donors (Lipinski definition) is 0. The molecule has 0 aliphatic rings. The molecule has 9 aromatic carbocycles. The molecule has 0 radical (unpaired) electrons. The molecule has 0 N–H and O–H groups in total. The summed E-state index contributed by atoms with van der Waals surface area (Å²) < 4.78 is 2.58. The van der Waals surface area contributed by atoms with Gasteiger partial charge in [-0.15, -0.1) is 11.3 Å². The van der Waals surface area contributed by atoms with Crippen molar-refractivity contribution in [1.82, 2.24) is 0 Å². The van der Waals surface area contributed by atoms with Gasteiger partial charge in [0.05, 0.1) is 16.1 Å². The lowest BCUT2D eigenvalue weighted by Gasteiger charge is -2.29. The zero-order valence-electron chi connectivity index (χ0n) is 28.4. The van der Waals surface area contributed by atoms with Crippen molar-refractivity contribution in [2.24, 2.45) is 0 Å². The summed E-state index contributed by atoms with van der Waals surface area (Å²) in [7, 11) is 0. The summed E-state index contributed by atoms with van der Waals surface area (Å²) >= 11 is 1.88. The molecule has 1 aromatic heterocycles. The fourth-order valence-corrected chi connectivity index (χ4v) is 8.96. The van der Waals surface area contributed by atoms with Gasteiger partial charge in [0.2, 0.25) is 0 Å². The van der Waals surface area contributed by atoms with Gasteiger partial charge >= 0.3 is 0 Å². The first kappa shape index (κ1) is 30.4. The van der Waals surface area contributed by atoms with Crippen LogP contribution in [0.25, 0.3) is 75.1 Å². The van der Waals surface area contributed by atoms with E-state index >= 15 is 0 Å². The summed E-state index contributed by atoms with van der Waals surface area (Å²) in [5, 5.41) is 7.61. The second-order valence-electron chi connectivity index (χ2n) is 13.3. The standard InChI is InChI=1S/C50H33NS/c1-2-13-34(14-3-1)37-19-10-20-38(31-37)35-27-29-41(30-28-35)51(47-25-9-8-22-44(47)43-23-11-18-36-15-6-7-21-42(36)43)48-26-12-24-45-46-32-39-16-4-5-17-40(39)33-49(46)52-50(45)48/h1-33H. The molecule has 244 valence electrons. The fourth-order valence-electron chi connectivity index (χ4n) is 7.72. The van der Waals surface area contributed by atoms with Crippen LogP contribution in [0.1, 0.15) is 0 Å². The van der Waals surface area contributed by atoms with Crippen LogP contribution >= 0.6 is 11.3 Å². The van der Waals surface area contributed by atoms with Gasteiger partial charge in [-0.2, -0.15) is 0 Å². The third-order valence-electron chi connectivity index (χ3n) is 10.2. The summed E-state index contributed by atoms with van der Waals surface area (Å²) in [6, 6.07) is 72.9. The minimum atomic E-state index is 1.12. The summed E-state index contributed by atoms with van der Waals surface area (Å²) in [5.74, 6) is 0. The Kier molecular flexibility index (Phi) is 7.41. The molecule has 0 aliphatic carbocycles. The number of para-hydroxylation sites is 1. The molecule has 0 bridgehead atoms. The van der Waals surface area contributed by atoms with Crippen LogP contribution in [0.2, 0.25) is 0 Å². The van der Waals surface area contributed by atoms with Gasteiger partial charge in [0.15, 0.2) is 0 Å². The fraction of sp³-hybridized carbons (Fsp3) is 0. The predicted molar refractivity (Wildman–Crippen MR) is 225 cm³/mol. The third kappa shape index (κ3) is 5.24. The average molecular weight is 680 g/mol. The molecule has 0 saturated carbocycles. The van der Waals surface area contributed by atoms with Crippen molar-refractivity contribution < 1.29 is 0 Å². The van der Waals surface area contributed by atoms with Crippen molar-refractivity contribution in [3.8, 4) is 33.4 Å². The van der Waals surface area contributed by atoms with Gasteiger partial charge in [0.25, 0.3) is 0 Å². The van der Waals surface area contributed by atoms with Crippen molar-refractivity contribution in [3.63, 3.8) is 0 Å². The number of benzene rings is 9. The van der Waals surface area contributed by atoms with Crippen LogP contribution in [-0.4, -0.2) is 0 Å². The van der Waals surface area contributed by atoms with Crippen molar-refractivity contribution in [1.29, 1.82) is 0 Å². The van der Waals surface area contributed by atoms with Crippen LogP contribution < -0.4 is 4.90 Å². The molecule has 0 saturated heterocycles. The van der Waals surface area contributed by atoms with E-state index in [1.165, 1.54) is 80.8 Å². The normalized spacial score (nSPS) is 11.5. The predicted octanol–water partition coefficient (Wildman–Crippen LogP) is 14.8. The number of anilines is 3. The van der Waals surface area contributed by atoms with Gasteiger partial charge in [-0.25, -0.2) is 0 Å². The van der Waals surface area contributed by atoms with E-state index in [4.69, 9.17) is 0 Å². The molecule has 10 aromatic rings. The van der Waals surface area contributed by atoms with E-state index < -0.39 is 0 Å². The molecular weight excluding hydrogens is 647 g/mol. The summed E-state index contributed by atoms with van der Waals surface area (Å²) in [4.78, 5) is 2.47. The lowest BCUT2D eigenvalue weighted by molar-refractivity contribution is 1.30. The van der Waals surface area contributed by atoms with Crippen LogP contribution in [0.4, 0.5) is 17.1 Å². The lowest BCUT2D eigenvalue weighted by atomic mass is 9.95. The Hall–Kier alpha value is -6.48. The second kappa shape index (κ2) is 12.7. The number of hydrogen-bond acceptors (Lipinski definition) is 2. The number of fused-ring (bicyclic) bond motifs is 5. The van der Waals surface area contributed by atoms with Gasteiger partial charge in [-0.05, 0) is 91.8 Å². The highest BCUT2D eigenvalue weighted by atomic mass is 32.1. The molecule has 0 atom stereocenters. The van der Waals surface area contributed by atoms with Crippen LogP contribution in [-0.2, 0) is 0 Å². The summed E-state index contributed by atoms with van der Waals surface area (Å²) in [6.45, 7) is 0. The quantitative estimate of drug-likeness (QED) is 0.169. The second-order valence-corrected chi connectivity index (χ2v) is 14.4. The molecule has 10 rings (SSSR count). The smallest absolute Gasteiger partial charge is 0.0640 e. The molecule has 0 aliphatic heterocycles. The SMILES string of the molecule is c1ccc(-c2cccc(-c3ccc(N(c4ccccc4-c4cccc5ccccc45)c4cccc5c4sc4cc6ccccc6cc45)cc3)c2)cc1. The third-order valence-corrected chi connectivity index (χ3v) is 11.4. The van der Waals surface area contributed by atoms with E-state index in [1.807, 2.05) is 11.3 Å². The van der Waals surface area contributed by atoms with Crippen LogP contribution in [0.15, 0.2) is 200 Å². The van der Waals surface area contributed by atoms with E-state index in [9.17, 15) is 0 Å². The zero-order valence-corrected chi connectivity index (χ0v) is 29.2. The molecule has 52 heavy (non-hydrogen) atoms. The van der Waals surface area contributed by atoms with Crippen molar-refractivity contribution in [2.75, 3.05) is 4.90 Å². The maximum absolute atomic E-state index is 2.47. The lowest BCUT2D eigenvalue weighted by Crippen LogP contribution is -2.11. The largest absolute Gasteiger partial charge is 0.308 e. The highest BCUT2D eigenvalue weighted by molar-refractivity contribution is 7.26. The molecule has 0 fully saturated rings. The number of rotatable bonds is 6. The molecule has 2 heteroatoms. The first-order valence-electron chi connectivity index (χ1n) is 17.8. The topological polar surface area (TPSA) is 3.24 Å². The Morgan fingerprint density at radius 3 is 1.71 bits per heavy atom. The Morgan fingerprint density at radius 1 is 0.327 bits per heavy atom. The number of thiophene rings is 1. The van der Waals surface area contributed by atoms with Crippen molar-refractivity contribution in [3.05, 3.63) is 200 Å². The van der Waals surface area contributed by atoms with Crippen LogP contribution in [0.5, 0.6) is 0 Å². The van der Waals surface area contributed by atoms with Crippen molar-refractivity contribution >= 4 is 70.1 Å². The Bertz CT molecular complexity index is 2900. The highest BCUT2D eigenvalue weighted by Crippen LogP contribution is 2.48. The van der Waals surface area contributed by atoms with Crippen LogP contribution in [0.3, 0.4) is 0 Å². The maximum Gasteiger partial charge on any atom is 0.0640 e. The molecule has 1 heterocycles. The first-order chi connectivity index (χ1) is 25.8. The Labute approximate surface area is 307 Å². The van der Waals surface area contributed by atoms with E-state index in [0.29, 0.717) is 0 Å². The van der Waals surface area contributed by atoms with Gasteiger partial charge in [-0.3, -0.25) is 0 Å². The van der Waals surface area contributed by atoms with Crippen molar-refractivity contribution in [2.45, 2.75) is 0 Å². The van der Waals surface area contributed by atoms with E-state index in [1.54, 1.807) is 0 Å². The van der Waals surface area contributed by atoms with E-state index in [2.05, 4.69) is 205 Å². The Balaban J connectivity index is 1.18.